The van der Waals surface area contributed by atoms with Crippen molar-refractivity contribution in [3.05, 3.63) is 107 Å². The van der Waals surface area contributed by atoms with Crippen LogP contribution in [0.2, 0.25) is 0 Å². The van der Waals surface area contributed by atoms with Crippen molar-refractivity contribution >= 4 is 0 Å². The molecular weight excluding hydrogens is 356 g/mol. The van der Waals surface area contributed by atoms with E-state index < -0.39 is 0 Å². The minimum absolute atomic E-state index is 0.408. The van der Waals surface area contributed by atoms with Crippen molar-refractivity contribution in [2.24, 2.45) is 0 Å². The van der Waals surface area contributed by atoms with E-state index in [1.54, 1.807) is 0 Å². The van der Waals surface area contributed by atoms with Gasteiger partial charge in [-0.2, -0.15) is 0 Å². The SMILES string of the molecule is Cc1ccc(CC(CC(Cc2ccc(C)[nH]2)c2ccncc2)c2ccncc2)[nH]1. The molecule has 0 aliphatic rings. The normalized spacial score (nSPS) is 13.3. The van der Waals surface area contributed by atoms with Gasteiger partial charge in [0, 0.05) is 47.6 Å². The lowest BCUT2D eigenvalue weighted by molar-refractivity contribution is 0.518. The van der Waals surface area contributed by atoms with Crippen LogP contribution < -0.4 is 0 Å². The van der Waals surface area contributed by atoms with Crippen molar-refractivity contribution in [2.75, 3.05) is 0 Å². The molecule has 0 aliphatic heterocycles. The fraction of sp³-hybridized carbons (Fsp3) is 0.280. The van der Waals surface area contributed by atoms with Crippen LogP contribution in [0.25, 0.3) is 0 Å². The Bertz CT molecular complexity index is 933. The number of H-pyrrole nitrogens is 2. The molecule has 4 heterocycles. The van der Waals surface area contributed by atoms with Crippen molar-refractivity contribution < 1.29 is 0 Å². The minimum Gasteiger partial charge on any atom is -0.362 e. The predicted molar refractivity (Wildman–Crippen MR) is 117 cm³/mol. The molecule has 0 amide bonds. The number of nitrogens with one attached hydrogen (secondary N) is 2. The second-order valence-corrected chi connectivity index (χ2v) is 7.93. The maximum absolute atomic E-state index is 4.23. The molecule has 0 saturated heterocycles. The lowest BCUT2D eigenvalue weighted by Crippen LogP contribution is -2.12. The summed E-state index contributed by atoms with van der Waals surface area (Å²) in [7, 11) is 0. The first-order valence-corrected chi connectivity index (χ1v) is 10.3. The first-order chi connectivity index (χ1) is 14.2. The molecule has 0 radical (unpaired) electrons. The van der Waals surface area contributed by atoms with E-state index in [0.717, 1.165) is 19.3 Å². The van der Waals surface area contributed by atoms with Crippen LogP contribution in [0.5, 0.6) is 0 Å². The van der Waals surface area contributed by atoms with Gasteiger partial charge in [-0.25, -0.2) is 0 Å². The summed E-state index contributed by atoms with van der Waals surface area (Å²) in [5.41, 5.74) is 7.67. The number of hydrogen-bond acceptors (Lipinski definition) is 2. The van der Waals surface area contributed by atoms with E-state index in [-0.39, 0.29) is 0 Å². The Morgan fingerprint density at radius 1 is 0.621 bits per heavy atom. The molecule has 0 fully saturated rings. The first kappa shape index (κ1) is 19.2. The Labute approximate surface area is 172 Å². The summed E-state index contributed by atoms with van der Waals surface area (Å²) in [6.45, 7) is 4.22. The van der Waals surface area contributed by atoms with Gasteiger partial charge in [0.2, 0.25) is 0 Å². The molecule has 4 rings (SSSR count). The number of aryl methyl sites for hydroxylation is 2. The molecule has 0 aliphatic carbocycles. The molecule has 0 bridgehead atoms. The maximum Gasteiger partial charge on any atom is 0.0270 e. The maximum atomic E-state index is 4.23. The standard InChI is InChI=1S/C25H28N4/c1-18-3-5-24(28-18)16-22(20-7-11-26-12-8-20)15-23(21-9-13-27-14-10-21)17-25-6-4-19(2)29-25/h3-14,22-23,28-29H,15-17H2,1-2H3. The summed E-state index contributed by atoms with van der Waals surface area (Å²) in [5, 5.41) is 0. The van der Waals surface area contributed by atoms with Crippen molar-refractivity contribution in [3.63, 3.8) is 0 Å². The number of hydrogen-bond donors (Lipinski definition) is 2. The molecular formula is C25H28N4. The van der Waals surface area contributed by atoms with Crippen LogP contribution in [0, 0.1) is 13.8 Å². The summed E-state index contributed by atoms with van der Waals surface area (Å²) in [6, 6.07) is 17.3. The van der Waals surface area contributed by atoms with Crippen LogP contribution >= 0.6 is 0 Å². The third-order valence-corrected chi connectivity index (χ3v) is 5.64. The predicted octanol–water partition coefficient (Wildman–Crippen LogP) is 5.49. The van der Waals surface area contributed by atoms with Crippen LogP contribution in [0.1, 0.15) is 52.2 Å². The van der Waals surface area contributed by atoms with E-state index in [2.05, 4.69) is 82.3 Å². The number of nitrogens with zero attached hydrogens (tertiary/aromatic N) is 2. The topological polar surface area (TPSA) is 57.4 Å². The summed E-state index contributed by atoms with van der Waals surface area (Å²) in [6.07, 6.45) is 10.6. The fourth-order valence-electron chi connectivity index (χ4n) is 4.18. The minimum atomic E-state index is 0.408. The molecule has 0 saturated carbocycles. The Morgan fingerprint density at radius 2 is 1.03 bits per heavy atom. The summed E-state index contributed by atoms with van der Waals surface area (Å²) < 4.78 is 0. The molecule has 4 nitrogen and oxygen atoms in total. The van der Waals surface area contributed by atoms with Gasteiger partial charge in [0.25, 0.3) is 0 Å². The monoisotopic (exact) mass is 384 g/mol. The third-order valence-electron chi connectivity index (χ3n) is 5.64. The van der Waals surface area contributed by atoms with Crippen LogP contribution in [-0.2, 0) is 12.8 Å². The third kappa shape index (κ3) is 5.02. The second-order valence-electron chi connectivity index (χ2n) is 7.93. The van der Waals surface area contributed by atoms with E-state index in [9.17, 15) is 0 Å². The van der Waals surface area contributed by atoms with Gasteiger partial charge in [-0.05, 0) is 105 Å². The summed E-state index contributed by atoms with van der Waals surface area (Å²) >= 11 is 0. The van der Waals surface area contributed by atoms with Crippen LogP contribution in [0.4, 0.5) is 0 Å². The summed E-state index contributed by atoms with van der Waals surface area (Å²) in [5.74, 6) is 0.815. The molecule has 4 aromatic rings. The molecule has 0 spiro atoms. The Balaban J connectivity index is 1.63. The van der Waals surface area contributed by atoms with Gasteiger partial charge in [-0.3, -0.25) is 9.97 Å². The van der Waals surface area contributed by atoms with E-state index in [0.29, 0.717) is 11.8 Å². The summed E-state index contributed by atoms with van der Waals surface area (Å²) in [4.78, 5) is 15.5. The second kappa shape index (κ2) is 8.91. The smallest absolute Gasteiger partial charge is 0.0270 e. The Morgan fingerprint density at radius 3 is 1.38 bits per heavy atom. The molecule has 148 valence electrons. The average Bonchev–Trinajstić information content (AvgIpc) is 3.35. The highest BCUT2D eigenvalue weighted by atomic mass is 14.7. The average molecular weight is 385 g/mol. The van der Waals surface area contributed by atoms with Crippen LogP contribution in [-0.4, -0.2) is 19.9 Å². The zero-order valence-electron chi connectivity index (χ0n) is 17.1. The molecule has 2 unspecified atom stereocenters. The van der Waals surface area contributed by atoms with E-state index in [1.807, 2.05) is 24.8 Å². The number of aromatic nitrogens is 4. The largest absolute Gasteiger partial charge is 0.362 e. The molecule has 29 heavy (non-hydrogen) atoms. The molecule has 4 heteroatoms. The zero-order chi connectivity index (χ0) is 20.1. The van der Waals surface area contributed by atoms with Crippen molar-refractivity contribution in [2.45, 2.75) is 44.9 Å². The highest BCUT2D eigenvalue weighted by molar-refractivity contribution is 5.25. The number of rotatable bonds is 8. The van der Waals surface area contributed by atoms with Gasteiger partial charge in [0.15, 0.2) is 0 Å². The molecule has 0 aromatic carbocycles. The fourth-order valence-corrected chi connectivity index (χ4v) is 4.18. The van der Waals surface area contributed by atoms with Gasteiger partial charge in [-0.15, -0.1) is 0 Å². The lowest BCUT2D eigenvalue weighted by atomic mass is 9.81. The first-order valence-electron chi connectivity index (χ1n) is 10.3. The van der Waals surface area contributed by atoms with Crippen molar-refractivity contribution in [1.82, 2.24) is 19.9 Å². The van der Waals surface area contributed by atoms with Crippen LogP contribution in [0.15, 0.2) is 73.3 Å². The highest BCUT2D eigenvalue weighted by Gasteiger charge is 2.22. The van der Waals surface area contributed by atoms with E-state index in [4.69, 9.17) is 0 Å². The van der Waals surface area contributed by atoms with E-state index >= 15 is 0 Å². The van der Waals surface area contributed by atoms with Crippen molar-refractivity contribution in [3.8, 4) is 0 Å². The van der Waals surface area contributed by atoms with Crippen molar-refractivity contribution in [1.29, 1.82) is 0 Å². The zero-order valence-corrected chi connectivity index (χ0v) is 17.1. The van der Waals surface area contributed by atoms with Gasteiger partial charge < -0.3 is 9.97 Å². The molecule has 2 atom stereocenters. The van der Waals surface area contributed by atoms with Gasteiger partial charge in [0.05, 0.1) is 0 Å². The van der Waals surface area contributed by atoms with Gasteiger partial charge in [0.1, 0.15) is 0 Å². The Hall–Kier alpha value is -3.14. The quantitative estimate of drug-likeness (QED) is 0.422. The molecule has 4 aromatic heterocycles. The van der Waals surface area contributed by atoms with Gasteiger partial charge >= 0.3 is 0 Å². The van der Waals surface area contributed by atoms with Crippen LogP contribution in [0.3, 0.4) is 0 Å². The lowest BCUT2D eigenvalue weighted by Gasteiger charge is -2.24. The number of pyridine rings is 2. The molecule has 2 N–H and O–H groups in total. The highest BCUT2D eigenvalue weighted by Crippen LogP contribution is 2.34. The Kier molecular flexibility index (Phi) is 5.89. The number of aromatic amines is 2. The van der Waals surface area contributed by atoms with E-state index in [1.165, 1.54) is 33.9 Å². The van der Waals surface area contributed by atoms with Gasteiger partial charge in [-0.1, -0.05) is 0 Å².